The van der Waals surface area contributed by atoms with E-state index in [0.29, 0.717) is 0 Å². The number of nitrogens with zero attached hydrogens (tertiary/aromatic N) is 2. The first-order valence-electron chi connectivity index (χ1n) is 4.65. The van der Waals surface area contributed by atoms with E-state index >= 15 is 0 Å². The topological polar surface area (TPSA) is 91.4 Å². The Kier molecular flexibility index (Phi) is 4.38. The van der Waals surface area contributed by atoms with Crippen LogP contribution in [0.25, 0.3) is 0 Å². The number of hydrogen-bond acceptors (Lipinski definition) is 5. The van der Waals surface area contributed by atoms with E-state index in [1.807, 2.05) is 0 Å². The van der Waals surface area contributed by atoms with Crippen LogP contribution in [-0.2, 0) is 16.1 Å². The third kappa shape index (κ3) is 3.38. The van der Waals surface area contributed by atoms with E-state index in [2.05, 4.69) is 20.7 Å². The molecule has 0 radical (unpaired) electrons. The molecule has 0 atom stereocenters. The van der Waals surface area contributed by atoms with Crippen molar-refractivity contribution in [2.24, 2.45) is 0 Å². The number of carbonyl (C=O) groups excluding carboxylic acids is 1. The lowest BCUT2D eigenvalue weighted by molar-refractivity contribution is -0.385. The van der Waals surface area contributed by atoms with E-state index in [9.17, 15) is 19.7 Å². The molecular weight excluding hydrogens is 296 g/mol. The first-order valence-corrected chi connectivity index (χ1v) is 5.45. The van der Waals surface area contributed by atoms with E-state index in [1.54, 1.807) is 6.92 Å². The van der Waals surface area contributed by atoms with E-state index in [1.165, 1.54) is 0 Å². The Hall–Kier alpha value is -1.70. The summed E-state index contributed by atoms with van der Waals surface area (Å²) in [7, 11) is 0. The van der Waals surface area contributed by atoms with Crippen molar-refractivity contribution in [1.82, 2.24) is 4.57 Å². The van der Waals surface area contributed by atoms with Crippen molar-refractivity contribution < 1.29 is 14.5 Å². The first-order chi connectivity index (χ1) is 7.95. The number of ether oxygens (including phenoxy) is 1. The van der Waals surface area contributed by atoms with Crippen molar-refractivity contribution in [3.63, 3.8) is 0 Å². The van der Waals surface area contributed by atoms with E-state index in [0.717, 1.165) is 16.8 Å². The number of pyridine rings is 1. The van der Waals surface area contributed by atoms with Crippen molar-refractivity contribution in [3.8, 4) is 0 Å². The van der Waals surface area contributed by atoms with E-state index < -0.39 is 16.5 Å². The minimum Gasteiger partial charge on any atom is -0.465 e. The van der Waals surface area contributed by atoms with E-state index in [4.69, 9.17) is 0 Å². The lowest BCUT2D eigenvalue weighted by Gasteiger charge is -2.05. The number of rotatable bonds is 4. The molecule has 0 N–H and O–H groups in total. The average molecular weight is 305 g/mol. The van der Waals surface area contributed by atoms with Crippen LogP contribution in [0.1, 0.15) is 6.92 Å². The fourth-order valence-corrected chi connectivity index (χ4v) is 1.61. The predicted molar refractivity (Wildman–Crippen MR) is 61.7 cm³/mol. The molecule has 0 bridgehead atoms. The lowest BCUT2D eigenvalue weighted by Crippen LogP contribution is -2.25. The fourth-order valence-electron chi connectivity index (χ4n) is 1.15. The summed E-state index contributed by atoms with van der Waals surface area (Å²) in [5.74, 6) is -0.623. The summed E-state index contributed by atoms with van der Waals surface area (Å²) >= 11 is 2.90. The molecule has 1 heterocycles. The van der Waals surface area contributed by atoms with Crippen LogP contribution in [0.4, 0.5) is 5.69 Å². The Balaban J connectivity index is 3.10. The van der Waals surface area contributed by atoms with Gasteiger partial charge in [0.15, 0.2) is 0 Å². The van der Waals surface area contributed by atoms with Gasteiger partial charge in [-0.05, 0) is 22.9 Å². The second kappa shape index (κ2) is 5.58. The molecule has 0 fully saturated rings. The van der Waals surface area contributed by atoms with Gasteiger partial charge in [-0.1, -0.05) is 0 Å². The molecule has 0 aliphatic carbocycles. The van der Waals surface area contributed by atoms with Crippen molar-refractivity contribution >= 4 is 27.6 Å². The minimum atomic E-state index is -0.647. The standard InChI is InChI=1S/C9H9BrN2O5/c1-2-17-8(13)5-11-4-6(12(15)16)3-7(10)9(11)14/h3-4H,2,5H2,1H3. The van der Waals surface area contributed by atoms with Gasteiger partial charge in [0.25, 0.3) is 11.2 Å². The van der Waals surface area contributed by atoms with Crippen LogP contribution < -0.4 is 5.56 Å². The summed E-state index contributed by atoms with van der Waals surface area (Å²) in [4.78, 5) is 32.7. The van der Waals surface area contributed by atoms with Crippen molar-refractivity contribution in [2.45, 2.75) is 13.5 Å². The van der Waals surface area contributed by atoms with Gasteiger partial charge < -0.3 is 4.74 Å². The maximum atomic E-state index is 11.6. The van der Waals surface area contributed by atoms with Gasteiger partial charge in [0.1, 0.15) is 6.54 Å². The highest BCUT2D eigenvalue weighted by atomic mass is 79.9. The Bertz CT molecular complexity index is 511. The molecule has 0 saturated heterocycles. The molecule has 0 amide bonds. The number of hydrogen-bond donors (Lipinski definition) is 0. The highest BCUT2D eigenvalue weighted by Gasteiger charge is 2.14. The zero-order valence-corrected chi connectivity index (χ0v) is 10.5. The number of halogens is 1. The van der Waals surface area contributed by atoms with Crippen molar-refractivity contribution in [1.29, 1.82) is 0 Å². The van der Waals surface area contributed by atoms with Gasteiger partial charge in [-0.25, -0.2) is 0 Å². The van der Waals surface area contributed by atoms with Gasteiger partial charge in [-0.15, -0.1) is 0 Å². The molecule has 0 aliphatic rings. The summed E-state index contributed by atoms with van der Waals surface area (Å²) in [6.45, 7) is 1.46. The zero-order valence-electron chi connectivity index (χ0n) is 8.88. The number of esters is 1. The zero-order chi connectivity index (χ0) is 13.0. The van der Waals surface area contributed by atoms with Gasteiger partial charge in [0.05, 0.1) is 22.2 Å². The number of nitro groups is 1. The van der Waals surface area contributed by atoms with Crippen molar-refractivity contribution in [2.75, 3.05) is 6.61 Å². The SMILES string of the molecule is CCOC(=O)Cn1cc([N+](=O)[O-])cc(Br)c1=O. The number of carbonyl (C=O) groups is 1. The van der Waals surface area contributed by atoms with E-state index in [-0.39, 0.29) is 23.3 Å². The molecule has 1 aromatic heterocycles. The second-order valence-electron chi connectivity index (χ2n) is 3.04. The number of aromatic nitrogens is 1. The minimum absolute atomic E-state index is 0.0241. The molecule has 92 valence electrons. The Morgan fingerprint density at radius 1 is 1.65 bits per heavy atom. The second-order valence-corrected chi connectivity index (χ2v) is 3.90. The van der Waals surface area contributed by atoms with Crippen LogP contribution in [0.15, 0.2) is 21.5 Å². The third-order valence-corrected chi connectivity index (χ3v) is 2.41. The van der Waals surface area contributed by atoms with Crippen LogP contribution in [0.5, 0.6) is 0 Å². The van der Waals surface area contributed by atoms with Crippen LogP contribution in [0, 0.1) is 10.1 Å². The molecule has 0 aromatic carbocycles. The van der Waals surface area contributed by atoms with Crippen LogP contribution in [-0.4, -0.2) is 22.1 Å². The molecule has 0 saturated carbocycles. The summed E-state index contributed by atoms with van der Waals surface area (Å²) in [6.07, 6.45) is 1.00. The first kappa shape index (κ1) is 13.4. The molecule has 1 rings (SSSR count). The third-order valence-electron chi connectivity index (χ3n) is 1.84. The van der Waals surface area contributed by atoms with Crippen LogP contribution in [0.2, 0.25) is 0 Å². The largest absolute Gasteiger partial charge is 0.465 e. The summed E-state index contributed by atoms with van der Waals surface area (Å²) < 4.78 is 5.61. The summed E-state index contributed by atoms with van der Waals surface area (Å²) in [6, 6.07) is 1.09. The maximum Gasteiger partial charge on any atom is 0.326 e. The monoisotopic (exact) mass is 304 g/mol. The molecular formula is C9H9BrN2O5. The summed E-state index contributed by atoms with van der Waals surface area (Å²) in [5, 5.41) is 10.6. The molecule has 8 heteroatoms. The molecule has 17 heavy (non-hydrogen) atoms. The summed E-state index contributed by atoms with van der Waals surface area (Å²) in [5.41, 5.74) is -0.801. The van der Waals surface area contributed by atoms with Gasteiger partial charge in [-0.2, -0.15) is 0 Å². The van der Waals surface area contributed by atoms with Gasteiger partial charge in [0.2, 0.25) is 0 Å². The average Bonchev–Trinajstić information content (AvgIpc) is 2.24. The highest BCUT2D eigenvalue weighted by Crippen LogP contribution is 2.14. The lowest BCUT2D eigenvalue weighted by atomic mass is 10.4. The van der Waals surface area contributed by atoms with Crippen molar-refractivity contribution in [3.05, 3.63) is 37.2 Å². The maximum absolute atomic E-state index is 11.6. The molecule has 0 unspecified atom stereocenters. The smallest absolute Gasteiger partial charge is 0.326 e. The Morgan fingerprint density at radius 2 is 2.29 bits per heavy atom. The molecule has 7 nitrogen and oxygen atoms in total. The predicted octanol–water partition coefficient (Wildman–Crippen LogP) is 1.08. The Morgan fingerprint density at radius 3 is 2.82 bits per heavy atom. The fraction of sp³-hybridized carbons (Fsp3) is 0.333. The van der Waals surface area contributed by atoms with Gasteiger partial charge in [-0.3, -0.25) is 24.3 Å². The Labute approximate surface area is 104 Å². The normalized spacial score (nSPS) is 10.0. The quantitative estimate of drug-likeness (QED) is 0.471. The molecule has 0 aliphatic heterocycles. The van der Waals surface area contributed by atoms with Gasteiger partial charge >= 0.3 is 5.97 Å². The van der Waals surface area contributed by atoms with Gasteiger partial charge in [0, 0.05) is 6.07 Å². The van der Waals surface area contributed by atoms with Crippen LogP contribution in [0.3, 0.4) is 0 Å². The molecule has 0 spiro atoms. The molecule has 1 aromatic rings. The van der Waals surface area contributed by atoms with Crippen LogP contribution >= 0.6 is 15.9 Å². The highest BCUT2D eigenvalue weighted by molar-refractivity contribution is 9.10.